The van der Waals surface area contributed by atoms with Crippen LogP contribution in [0.15, 0.2) is 15.8 Å². The quantitative estimate of drug-likeness (QED) is 0.510. The van der Waals surface area contributed by atoms with Crippen molar-refractivity contribution in [3.05, 3.63) is 32.6 Å². The van der Waals surface area contributed by atoms with Crippen LogP contribution in [0, 0.1) is 0 Å². The topological polar surface area (TPSA) is 137 Å². The molecule has 0 saturated carbocycles. The average Bonchev–Trinajstić information content (AvgIpc) is 2.82. The Labute approximate surface area is 151 Å². The lowest BCUT2D eigenvalue weighted by molar-refractivity contribution is -0.117. The third-order valence-corrected chi connectivity index (χ3v) is 5.75. The summed E-state index contributed by atoms with van der Waals surface area (Å²) in [6, 6.07) is 0. The Morgan fingerprint density at radius 3 is 2.69 bits per heavy atom. The number of ether oxygens (including phenoxy) is 2. The Balaban J connectivity index is 2.34. The minimum Gasteiger partial charge on any atom is -0.388 e. The Kier molecular flexibility index (Phi) is 6.29. The van der Waals surface area contributed by atoms with Crippen molar-refractivity contribution in [2.24, 2.45) is 5.73 Å². The zero-order valence-corrected chi connectivity index (χ0v) is 16.1. The molecule has 1 aliphatic rings. The van der Waals surface area contributed by atoms with Crippen molar-refractivity contribution in [3.8, 4) is 0 Å². The predicted octanol–water partition coefficient (Wildman–Crippen LogP) is -1.06. The van der Waals surface area contributed by atoms with Gasteiger partial charge < -0.3 is 20.3 Å². The van der Waals surface area contributed by atoms with Crippen molar-refractivity contribution in [2.45, 2.75) is 37.4 Å². The molecule has 0 aromatic carbocycles. The van der Waals surface area contributed by atoms with E-state index < -0.39 is 48.6 Å². The molecule has 1 saturated heterocycles. The number of H-pyrrole nitrogens is 1. The van der Waals surface area contributed by atoms with Crippen molar-refractivity contribution in [2.75, 3.05) is 26.6 Å². The maximum atomic E-state index is 12.2. The number of aliphatic hydroxyl groups is 1. The van der Waals surface area contributed by atoms with Gasteiger partial charge in [-0.15, -0.1) is 13.2 Å². The van der Waals surface area contributed by atoms with E-state index in [9.17, 15) is 19.5 Å². The summed E-state index contributed by atoms with van der Waals surface area (Å²) < 4.78 is 12.3. The zero-order valence-electron chi connectivity index (χ0n) is 15.2. The van der Waals surface area contributed by atoms with E-state index in [-0.39, 0.29) is 12.0 Å². The number of nitrogens with zero attached hydrogens (tertiary/aromatic N) is 1. The average molecular weight is 387 g/mol. The van der Waals surface area contributed by atoms with Gasteiger partial charge in [-0.3, -0.25) is 19.1 Å². The van der Waals surface area contributed by atoms with Gasteiger partial charge in [-0.1, -0.05) is 0 Å². The number of aromatic amines is 1. The van der Waals surface area contributed by atoms with Gasteiger partial charge in [-0.25, -0.2) is 4.79 Å². The predicted molar refractivity (Wildman–Crippen MR) is 100 cm³/mol. The first kappa shape index (κ1) is 20.6. The summed E-state index contributed by atoms with van der Waals surface area (Å²) in [5, 5.41) is 10.5. The Bertz CT molecular complexity index is 826. The van der Waals surface area contributed by atoms with E-state index in [0.29, 0.717) is 6.42 Å². The first-order chi connectivity index (χ1) is 12.0. The lowest BCUT2D eigenvalue weighted by Crippen LogP contribution is -2.40. The molecule has 1 aromatic rings. The molecule has 1 aliphatic heterocycles. The molecule has 9 nitrogen and oxygen atoms in total. The van der Waals surface area contributed by atoms with Crippen LogP contribution in [0.2, 0.25) is 0 Å². The van der Waals surface area contributed by atoms with Gasteiger partial charge in [0, 0.05) is 18.9 Å². The first-order valence-corrected chi connectivity index (χ1v) is 11.2. The molecule has 2 rings (SSSR count). The molecule has 0 spiro atoms. The van der Waals surface area contributed by atoms with Crippen LogP contribution in [0.25, 0.3) is 0 Å². The van der Waals surface area contributed by atoms with Crippen LogP contribution in [0.4, 0.5) is 0 Å². The maximum absolute atomic E-state index is 12.2. The van der Waals surface area contributed by atoms with Gasteiger partial charge in [-0.2, -0.15) is 0 Å². The Morgan fingerprint density at radius 1 is 1.50 bits per heavy atom. The van der Waals surface area contributed by atoms with E-state index in [4.69, 9.17) is 15.2 Å². The van der Waals surface area contributed by atoms with Crippen LogP contribution >= 0.6 is 6.89 Å². The molecular formula is C16H26N3O6P. The Hall–Kier alpha value is -1.67. The fourth-order valence-corrected chi connectivity index (χ4v) is 3.90. The second kappa shape index (κ2) is 7.92. The largest absolute Gasteiger partial charge is 0.388 e. The molecule has 1 fully saturated rings. The number of hydrogen-bond donors (Lipinski definition) is 3. The summed E-state index contributed by atoms with van der Waals surface area (Å²) in [5.74, 6) is -0.698. The molecule has 26 heavy (non-hydrogen) atoms. The molecule has 0 radical (unpaired) electrons. The van der Waals surface area contributed by atoms with Gasteiger partial charge in [0.2, 0.25) is 5.91 Å². The van der Waals surface area contributed by atoms with Gasteiger partial charge in [0.15, 0.2) is 6.23 Å². The number of nitrogens with one attached hydrogen (secondary N) is 1. The number of primary amides is 1. The van der Waals surface area contributed by atoms with Crippen molar-refractivity contribution in [1.82, 2.24) is 9.55 Å². The number of amides is 1. The monoisotopic (exact) mass is 387 g/mol. The second-order valence-corrected chi connectivity index (χ2v) is 11.5. The molecule has 10 heteroatoms. The molecule has 4 N–H and O–H groups in total. The lowest BCUT2D eigenvalue weighted by Gasteiger charge is -2.20. The van der Waals surface area contributed by atoms with Crippen molar-refractivity contribution in [1.29, 1.82) is 0 Å². The van der Waals surface area contributed by atoms with Crippen LogP contribution in [-0.4, -0.2) is 71.8 Å². The van der Waals surface area contributed by atoms with Gasteiger partial charge >= 0.3 is 5.69 Å². The molecule has 0 unspecified atom stereocenters. The number of carbonyl (C=O) groups excluding carboxylic acids is 1. The third-order valence-electron chi connectivity index (χ3n) is 4.28. The van der Waals surface area contributed by atoms with Crippen LogP contribution in [0.1, 0.15) is 18.2 Å². The highest BCUT2D eigenvalue weighted by atomic mass is 31.2. The Morgan fingerprint density at radius 2 is 2.15 bits per heavy atom. The maximum Gasteiger partial charge on any atom is 0.330 e. The number of aliphatic hydroxyl groups excluding tert-OH is 1. The smallest absolute Gasteiger partial charge is 0.330 e. The number of hydrogen-bond acceptors (Lipinski definition) is 6. The van der Waals surface area contributed by atoms with E-state index >= 15 is 0 Å². The zero-order chi connectivity index (χ0) is 19.6. The van der Waals surface area contributed by atoms with Crippen molar-refractivity contribution >= 4 is 19.1 Å². The fraction of sp³-hybridized carbons (Fsp3) is 0.625. The lowest BCUT2D eigenvalue weighted by atomic mass is 10.1. The van der Waals surface area contributed by atoms with Crippen LogP contribution in [0.3, 0.4) is 0 Å². The van der Waals surface area contributed by atoms with Crippen molar-refractivity contribution < 1.29 is 19.4 Å². The normalized spacial score (nSPS) is 26.2. The molecule has 0 aliphatic carbocycles. The van der Waals surface area contributed by atoms with E-state index in [2.05, 4.69) is 24.6 Å². The minimum absolute atomic E-state index is 0.0401. The molecular weight excluding hydrogens is 361 g/mol. The molecule has 2 heterocycles. The van der Waals surface area contributed by atoms with E-state index in [1.54, 1.807) is 0 Å². The molecule has 0 bridgehead atoms. The highest BCUT2D eigenvalue weighted by Gasteiger charge is 2.45. The number of methoxy groups -OCH3 is 1. The summed E-state index contributed by atoms with van der Waals surface area (Å²) in [4.78, 5) is 37.3. The van der Waals surface area contributed by atoms with Crippen molar-refractivity contribution in [3.63, 3.8) is 0 Å². The number of nitrogens with two attached hydrogens (primary N) is 1. The number of carbonyl (C=O) groups is 1. The third kappa shape index (κ3) is 4.73. The highest BCUT2D eigenvalue weighted by Crippen LogP contribution is 2.39. The molecule has 1 amide bonds. The van der Waals surface area contributed by atoms with Gasteiger partial charge in [0.25, 0.3) is 5.56 Å². The van der Waals surface area contributed by atoms with Gasteiger partial charge in [0.05, 0.1) is 12.5 Å². The van der Waals surface area contributed by atoms with Crippen LogP contribution < -0.4 is 17.0 Å². The summed E-state index contributed by atoms with van der Waals surface area (Å²) >= 11 is 0. The standard InChI is InChI=1S/C16H26N3O6P/c1-24-13-12(21)10(5-6-26(2,3)4)25-15(13)19-8-9(7-11(17)20)14(22)18-16(19)23/h8,10,12-13,15,21H,2,5-7H2,1,3-4H3,(H2,17,20)(H,18,22,23)/t10-,12-,13-,15-/m1/s1. The second-order valence-electron chi connectivity index (χ2n) is 7.17. The van der Waals surface area contributed by atoms with Gasteiger partial charge in [-0.05, 0) is 25.9 Å². The van der Waals surface area contributed by atoms with Crippen LogP contribution in [0.5, 0.6) is 0 Å². The summed E-state index contributed by atoms with van der Waals surface area (Å²) in [6.07, 6.45) is 3.26. The summed E-state index contributed by atoms with van der Waals surface area (Å²) in [7, 11) is 1.41. The summed E-state index contributed by atoms with van der Waals surface area (Å²) in [5.41, 5.74) is 3.78. The van der Waals surface area contributed by atoms with E-state index in [0.717, 1.165) is 10.7 Å². The highest BCUT2D eigenvalue weighted by molar-refractivity contribution is 7.72. The van der Waals surface area contributed by atoms with E-state index in [1.165, 1.54) is 13.3 Å². The number of aromatic nitrogens is 2. The molecule has 146 valence electrons. The fourth-order valence-electron chi connectivity index (χ4n) is 2.94. The van der Waals surface area contributed by atoms with Gasteiger partial charge in [0.1, 0.15) is 12.2 Å². The summed E-state index contributed by atoms with van der Waals surface area (Å²) in [6.45, 7) is 2.87. The first-order valence-electron chi connectivity index (χ1n) is 8.20. The molecule has 4 atom stereocenters. The molecule has 1 aromatic heterocycles. The SMILES string of the molecule is C=P(C)(C)CC[C@H]1O[C@@H](n2cc(CC(N)=O)c(=O)[nH]c2=O)[C@H](OC)[C@@H]1O. The van der Waals surface area contributed by atoms with Crippen LogP contribution in [-0.2, 0) is 20.7 Å². The van der Waals surface area contributed by atoms with E-state index in [1.807, 2.05) is 0 Å². The number of rotatable bonds is 7. The minimum atomic E-state index is -1.30.